The van der Waals surface area contributed by atoms with Crippen LogP contribution in [0.15, 0.2) is 28.1 Å². The SMILES string of the molecule is CCN=C1S/C(=C\c2c(Cl)cccc2Cl)C(=O)N1CC. The maximum atomic E-state index is 12.3. The van der Waals surface area contributed by atoms with Crippen LogP contribution in [0.1, 0.15) is 19.4 Å². The van der Waals surface area contributed by atoms with E-state index in [9.17, 15) is 4.79 Å². The molecule has 0 saturated carbocycles. The Kier molecular flexibility index (Phi) is 5.13. The van der Waals surface area contributed by atoms with Crippen molar-refractivity contribution in [2.75, 3.05) is 13.1 Å². The molecular weight excluding hydrogens is 315 g/mol. The average Bonchev–Trinajstić information content (AvgIpc) is 2.70. The predicted octanol–water partition coefficient (Wildman–Crippen LogP) is 4.31. The van der Waals surface area contributed by atoms with Gasteiger partial charge >= 0.3 is 0 Å². The highest BCUT2D eigenvalue weighted by Gasteiger charge is 2.32. The van der Waals surface area contributed by atoms with E-state index in [1.807, 2.05) is 13.8 Å². The summed E-state index contributed by atoms with van der Waals surface area (Å²) in [6.07, 6.45) is 1.73. The van der Waals surface area contributed by atoms with Gasteiger partial charge in [-0.3, -0.25) is 14.7 Å². The van der Waals surface area contributed by atoms with Gasteiger partial charge in [0.25, 0.3) is 5.91 Å². The maximum absolute atomic E-state index is 12.3. The standard InChI is InChI=1S/C14H14Cl2N2OS/c1-3-17-14-18(4-2)13(19)12(20-14)8-9-10(15)6-5-7-11(9)16/h5-8H,3-4H2,1-2H3/b12-8-,17-14?. The molecule has 0 spiro atoms. The molecule has 6 heteroatoms. The number of amidine groups is 1. The van der Waals surface area contributed by atoms with Crippen LogP contribution in [-0.2, 0) is 4.79 Å². The number of likely N-dealkylation sites (N-methyl/N-ethyl adjacent to an activating group) is 1. The van der Waals surface area contributed by atoms with Crippen LogP contribution in [0.2, 0.25) is 10.0 Å². The Balaban J connectivity index is 2.41. The summed E-state index contributed by atoms with van der Waals surface area (Å²) in [6, 6.07) is 5.28. The first-order valence-corrected chi connectivity index (χ1v) is 7.85. The van der Waals surface area contributed by atoms with E-state index >= 15 is 0 Å². The molecule has 1 aromatic rings. The third-order valence-electron chi connectivity index (χ3n) is 2.77. The van der Waals surface area contributed by atoms with Crippen LogP contribution >= 0.6 is 35.0 Å². The summed E-state index contributed by atoms with van der Waals surface area (Å²) in [5, 5.41) is 1.79. The lowest BCUT2D eigenvalue weighted by Crippen LogP contribution is -2.28. The van der Waals surface area contributed by atoms with Gasteiger partial charge in [-0.2, -0.15) is 0 Å². The van der Waals surface area contributed by atoms with Crippen molar-refractivity contribution in [2.45, 2.75) is 13.8 Å². The van der Waals surface area contributed by atoms with Crippen molar-refractivity contribution < 1.29 is 4.79 Å². The van der Waals surface area contributed by atoms with E-state index in [1.54, 1.807) is 29.2 Å². The smallest absolute Gasteiger partial charge is 0.266 e. The molecule has 1 heterocycles. The highest BCUT2D eigenvalue weighted by Crippen LogP contribution is 2.35. The Morgan fingerprint density at radius 3 is 2.50 bits per heavy atom. The first kappa shape index (κ1) is 15.4. The molecule has 3 nitrogen and oxygen atoms in total. The maximum Gasteiger partial charge on any atom is 0.266 e. The molecule has 1 fully saturated rings. The molecule has 1 aliphatic heterocycles. The van der Waals surface area contributed by atoms with Crippen molar-refractivity contribution in [3.05, 3.63) is 38.7 Å². The van der Waals surface area contributed by atoms with E-state index in [1.165, 1.54) is 11.8 Å². The van der Waals surface area contributed by atoms with Crippen molar-refractivity contribution in [3.63, 3.8) is 0 Å². The summed E-state index contributed by atoms with van der Waals surface area (Å²) >= 11 is 13.6. The molecule has 0 bridgehead atoms. The molecule has 20 heavy (non-hydrogen) atoms. The number of carbonyl (C=O) groups excluding carboxylic acids is 1. The average molecular weight is 329 g/mol. The van der Waals surface area contributed by atoms with Crippen LogP contribution < -0.4 is 0 Å². The highest BCUT2D eigenvalue weighted by atomic mass is 35.5. The number of carbonyl (C=O) groups is 1. The lowest BCUT2D eigenvalue weighted by Gasteiger charge is -2.11. The van der Waals surface area contributed by atoms with Crippen LogP contribution in [-0.4, -0.2) is 29.1 Å². The quantitative estimate of drug-likeness (QED) is 0.774. The van der Waals surface area contributed by atoms with E-state index in [-0.39, 0.29) is 5.91 Å². The third-order valence-corrected chi connectivity index (χ3v) is 4.48. The fourth-order valence-corrected chi connectivity index (χ4v) is 3.41. The zero-order valence-corrected chi connectivity index (χ0v) is 13.5. The fraction of sp³-hybridized carbons (Fsp3) is 0.286. The molecule has 0 atom stereocenters. The second-order valence-corrected chi connectivity index (χ2v) is 5.88. The molecular formula is C14H14Cl2N2OS. The number of hydrogen-bond donors (Lipinski definition) is 0. The Morgan fingerprint density at radius 2 is 1.95 bits per heavy atom. The number of nitrogens with zero attached hydrogens (tertiary/aromatic N) is 2. The summed E-state index contributed by atoms with van der Waals surface area (Å²) in [4.78, 5) is 18.9. The van der Waals surface area contributed by atoms with Gasteiger partial charge in [-0.1, -0.05) is 29.3 Å². The first-order valence-electron chi connectivity index (χ1n) is 6.28. The summed E-state index contributed by atoms with van der Waals surface area (Å²) in [7, 11) is 0. The number of hydrogen-bond acceptors (Lipinski definition) is 3. The molecule has 106 valence electrons. The van der Waals surface area contributed by atoms with Crippen LogP contribution in [0, 0.1) is 0 Å². The second-order valence-electron chi connectivity index (χ2n) is 4.05. The Bertz CT molecular complexity index is 579. The number of halogens is 2. The van der Waals surface area contributed by atoms with E-state index in [0.717, 1.165) is 5.17 Å². The van der Waals surface area contributed by atoms with Gasteiger partial charge in [0.15, 0.2) is 5.17 Å². The minimum Gasteiger partial charge on any atom is -0.287 e. The van der Waals surface area contributed by atoms with E-state index < -0.39 is 0 Å². The van der Waals surface area contributed by atoms with Gasteiger partial charge in [0.05, 0.1) is 4.91 Å². The molecule has 0 aliphatic carbocycles. The van der Waals surface area contributed by atoms with E-state index in [4.69, 9.17) is 23.2 Å². The molecule has 0 aromatic heterocycles. The van der Waals surface area contributed by atoms with Gasteiger partial charge in [0, 0.05) is 28.7 Å². The summed E-state index contributed by atoms with van der Waals surface area (Å²) in [6.45, 7) is 5.11. The monoisotopic (exact) mass is 328 g/mol. The fourth-order valence-electron chi connectivity index (χ4n) is 1.82. The lowest BCUT2D eigenvalue weighted by molar-refractivity contribution is -0.122. The normalized spacial score (nSPS) is 19.4. The van der Waals surface area contributed by atoms with Crippen LogP contribution in [0.25, 0.3) is 6.08 Å². The number of rotatable bonds is 3. The minimum atomic E-state index is -0.0549. The van der Waals surface area contributed by atoms with Crippen molar-refractivity contribution in [1.82, 2.24) is 4.90 Å². The van der Waals surface area contributed by atoms with Crippen LogP contribution in [0.3, 0.4) is 0 Å². The van der Waals surface area contributed by atoms with Gasteiger partial charge in [-0.15, -0.1) is 0 Å². The van der Waals surface area contributed by atoms with Gasteiger partial charge in [-0.25, -0.2) is 0 Å². The third kappa shape index (κ3) is 3.03. The van der Waals surface area contributed by atoms with Crippen molar-refractivity contribution in [1.29, 1.82) is 0 Å². The van der Waals surface area contributed by atoms with Crippen molar-refractivity contribution in [2.24, 2.45) is 4.99 Å². The van der Waals surface area contributed by atoms with Crippen molar-refractivity contribution in [3.8, 4) is 0 Å². The zero-order valence-electron chi connectivity index (χ0n) is 11.2. The van der Waals surface area contributed by atoms with Gasteiger partial charge in [0.1, 0.15) is 0 Å². The molecule has 1 aliphatic rings. The topological polar surface area (TPSA) is 32.7 Å². The molecule has 1 aromatic carbocycles. The second kappa shape index (κ2) is 6.66. The number of benzene rings is 1. The van der Waals surface area contributed by atoms with Crippen LogP contribution in [0.5, 0.6) is 0 Å². The molecule has 0 N–H and O–H groups in total. The number of amides is 1. The van der Waals surface area contributed by atoms with Crippen LogP contribution in [0.4, 0.5) is 0 Å². The summed E-state index contributed by atoms with van der Waals surface area (Å²) in [5.41, 5.74) is 0.667. The van der Waals surface area contributed by atoms with Crippen molar-refractivity contribution >= 4 is 52.1 Å². The predicted molar refractivity (Wildman–Crippen MR) is 87.4 cm³/mol. The number of thioether (sulfide) groups is 1. The summed E-state index contributed by atoms with van der Waals surface area (Å²) < 4.78 is 0. The molecule has 1 saturated heterocycles. The largest absolute Gasteiger partial charge is 0.287 e. The van der Waals surface area contributed by atoms with Gasteiger partial charge < -0.3 is 0 Å². The Hall–Kier alpha value is -0.970. The zero-order chi connectivity index (χ0) is 14.7. The Labute approximate surface area is 132 Å². The molecule has 0 radical (unpaired) electrons. The lowest BCUT2D eigenvalue weighted by atomic mass is 10.2. The van der Waals surface area contributed by atoms with Gasteiger partial charge in [-0.05, 0) is 43.8 Å². The minimum absolute atomic E-state index is 0.0549. The molecule has 0 unspecified atom stereocenters. The summed E-state index contributed by atoms with van der Waals surface area (Å²) in [5.74, 6) is -0.0549. The number of aliphatic imine (C=N–C) groups is 1. The molecule has 1 amide bonds. The first-order chi connectivity index (χ1) is 9.58. The van der Waals surface area contributed by atoms with E-state index in [0.29, 0.717) is 33.6 Å². The Morgan fingerprint density at radius 1 is 1.30 bits per heavy atom. The van der Waals surface area contributed by atoms with E-state index in [2.05, 4.69) is 4.99 Å². The highest BCUT2D eigenvalue weighted by molar-refractivity contribution is 8.18. The van der Waals surface area contributed by atoms with Gasteiger partial charge in [0.2, 0.25) is 0 Å². The molecule has 2 rings (SSSR count).